The van der Waals surface area contributed by atoms with E-state index in [9.17, 15) is 0 Å². The topological polar surface area (TPSA) is 52.4 Å². The van der Waals surface area contributed by atoms with Crippen molar-refractivity contribution in [1.29, 1.82) is 0 Å². The zero-order chi connectivity index (χ0) is 21.3. The molecule has 1 aromatic carbocycles. The molecule has 2 N–H and O–H groups in total. The first kappa shape index (κ1) is 20.2. The average Bonchev–Trinajstić information content (AvgIpc) is 3.36. The third kappa shape index (κ3) is 3.29. The Labute approximate surface area is 176 Å². The van der Waals surface area contributed by atoms with E-state index < -0.39 is 7.26 Å². The van der Waals surface area contributed by atoms with E-state index in [-0.39, 0.29) is 0 Å². The highest BCUT2D eigenvalue weighted by Crippen LogP contribution is 2.37. The van der Waals surface area contributed by atoms with E-state index >= 15 is 4.32 Å². The molecule has 1 aromatic heterocycles. The molecule has 0 bridgehead atoms. The predicted octanol–water partition coefficient (Wildman–Crippen LogP) is 3.90. The number of halogens is 1. The number of hydrogen-bond donors (Lipinski definition) is 1. The summed E-state index contributed by atoms with van der Waals surface area (Å²) in [5, 5.41) is 0. The van der Waals surface area contributed by atoms with Gasteiger partial charge in [0.2, 0.25) is 0 Å². The third-order valence-electron chi connectivity index (χ3n) is 5.42. The van der Waals surface area contributed by atoms with Gasteiger partial charge in [0.25, 0.3) is 0 Å². The normalized spacial score (nSPS) is 15.6. The minimum absolute atomic E-state index is 0.509. The molecule has 2 aromatic rings. The Morgan fingerprint density at radius 2 is 2.13 bits per heavy atom. The smallest absolute Gasteiger partial charge is 0.493 e. The van der Waals surface area contributed by atoms with Crippen LogP contribution in [0.2, 0.25) is 0 Å². The molecule has 0 fully saturated rings. The van der Waals surface area contributed by atoms with Crippen molar-refractivity contribution in [1.82, 2.24) is 4.48 Å². The minimum atomic E-state index is -1.31. The number of para-hydroxylation sites is 1. The number of nitrogens with zero attached hydrogens (tertiary/aromatic N) is 2. The van der Waals surface area contributed by atoms with Gasteiger partial charge in [0.15, 0.2) is 17.2 Å². The van der Waals surface area contributed by atoms with Crippen LogP contribution in [0.4, 0.5) is 4.32 Å². The number of fused-ring (bicyclic) bond motifs is 2. The molecule has 0 amide bonds. The summed E-state index contributed by atoms with van der Waals surface area (Å²) in [5.41, 5.74) is 11.4. The molecule has 4 rings (SSSR count). The fraction of sp³-hybridized carbons (Fsp3) is 0.261. The molecule has 0 saturated carbocycles. The summed E-state index contributed by atoms with van der Waals surface area (Å²) in [5.74, 6) is 1.35. The fourth-order valence-electron chi connectivity index (χ4n) is 4.19. The second-order valence-electron chi connectivity index (χ2n) is 7.24. The van der Waals surface area contributed by atoms with E-state index in [1.807, 2.05) is 62.4 Å². The number of benzene rings is 1. The maximum atomic E-state index is 15.5. The van der Waals surface area contributed by atoms with Crippen molar-refractivity contribution in [3.63, 3.8) is 0 Å². The van der Waals surface area contributed by atoms with Crippen LogP contribution in [-0.4, -0.2) is 42.7 Å². The number of nitrogens with two attached hydrogens (primary N) is 1. The van der Waals surface area contributed by atoms with Gasteiger partial charge in [-0.2, -0.15) is 0 Å². The van der Waals surface area contributed by atoms with Crippen molar-refractivity contribution in [2.45, 2.75) is 20.3 Å². The van der Waals surface area contributed by atoms with Crippen LogP contribution in [0.25, 0.3) is 17.7 Å². The van der Waals surface area contributed by atoms with Gasteiger partial charge in [-0.05, 0) is 56.7 Å². The number of methoxy groups -OCH3 is 1. The molecule has 5 nitrogen and oxygen atoms in total. The van der Waals surface area contributed by atoms with E-state index in [0.29, 0.717) is 31.1 Å². The monoisotopic (exact) mass is 406 g/mol. The summed E-state index contributed by atoms with van der Waals surface area (Å²) in [6, 6.07) is 7.75. The van der Waals surface area contributed by atoms with Crippen LogP contribution >= 0.6 is 0 Å². The van der Waals surface area contributed by atoms with Crippen molar-refractivity contribution < 1.29 is 18.3 Å². The molecule has 2 aliphatic rings. The minimum Gasteiger partial charge on any atom is -0.493 e. The summed E-state index contributed by atoms with van der Waals surface area (Å²) >= 11 is 0. The Morgan fingerprint density at radius 3 is 2.87 bits per heavy atom. The van der Waals surface area contributed by atoms with Crippen LogP contribution in [0, 0.1) is 6.92 Å². The van der Waals surface area contributed by atoms with Gasteiger partial charge >= 0.3 is 7.26 Å². The lowest BCUT2D eigenvalue weighted by atomic mass is 9.91. The summed E-state index contributed by atoms with van der Waals surface area (Å²) < 4.78 is 30.2. The van der Waals surface area contributed by atoms with Crippen molar-refractivity contribution in [3.8, 4) is 11.5 Å². The van der Waals surface area contributed by atoms with E-state index in [4.69, 9.17) is 15.2 Å². The van der Waals surface area contributed by atoms with Gasteiger partial charge in [0, 0.05) is 34.7 Å². The Morgan fingerprint density at radius 1 is 1.30 bits per heavy atom. The van der Waals surface area contributed by atoms with Gasteiger partial charge in [0.1, 0.15) is 6.21 Å². The molecule has 0 aliphatic carbocycles. The SMILES string of the molecule is CCOc1c(/C=C/c2cc(C)c3n2[B-](F)[N+]2=CC=CC2=C3CCN)cccc1OC. The first-order valence-corrected chi connectivity index (χ1v) is 10.2. The van der Waals surface area contributed by atoms with Crippen LogP contribution in [0.3, 0.4) is 0 Å². The number of hydrogen-bond acceptors (Lipinski definition) is 3. The molecule has 0 saturated heterocycles. The Balaban J connectivity index is 1.80. The number of aryl methyl sites for hydroxylation is 1. The van der Waals surface area contributed by atoms with Crippen LogP contribution in [0.15, 0.2) is 42.1 Å². The molecule has 0 spiro atoms. The average molecular weight is 406 g/mol. The maximum absolute atomic E-state index is 15.5. The molecule has 0 atom stereocenters. The second-order valence-corrected chi connectivity index (χ2v) is 7.24. The molecule has 0 unspecified atom stereocenters. The van der Waals surface area contributed by atoms with Crippen molar-refractivity contribution in [3.05, 3.63) is 64.6 Å². The molecule has 7 heteroatoms. The van der Waals surface area contributed by atoms with Crippen LogP contribution < -0.4 is 15.2 Å². The zero-order valence-corrected chi connectivity index (χ0v) is 17.6. The summed E-state index contributed by atoms with van der Waals surface area (Å²) in [6.07, 6.45) is 10.2. The lowest BCUT2D eigenvalue weighted by Crippen LogP contribution is -2.39. The summed E-state index contributed by atoms with van der Waals surface area (Å²) in [7, 11) is 0.312. The zero-order valence-electron chi connectivity index (χ0n) is 17.6. The van der Waals surface area contributed by atoms with Gasteiger partial charge < -0.3 is 28.5 Å². The third-order valence-corrected chi connectivity index (χ3v) is 5.42. The van der Waals surface area contributed by atoms with E-state index in [1.54, 1.807) is 22.3 Å². The Bertz CT molecular complexity index is 1100. The number of ether oxygens (including phenoxy) is 2. The van der Waals surface area contributed by atoms with E-state index in [2.05, 4.69) is 0 Å². The molecular weight excluding hydrogens is 380 g/mol. The molecule has 155 valence electrons. The van der Waals surface area contributed by atoms with Gasteiger partial charge in [0.05, 0.1) is 13.7 Å². The molecule has 3 heterocycles. The Kier molecular flexibility index (Phi) is 5.64. The van der Waals surface area contributed by atoms with Crippen molar-refractivity contribution in [2.75, 3.05) is 20.3 Å². The number of allylic oxidation sites excluding steroid dienone is 2. The quantitative estimate of drug-likeness (QED) is 0.710. The van der Waals surface area contributed by atoms with Crippen LogP contribution in [0.5, 0.6) is 11.5 Å². The predicted molar refractivity (Wildman–Crippen MR) is 121 cm³/mol. The molecule has 30 heavy (non-hydrogen) atoms. The highest BCUT2D eigenvalue weighted by molar-refractivity contribution is 6.43. The first-order valence-electron chi connectivity index (χ1n) is 10.2. The number of rotatable bonds is 7. The Hall–Kier alpha value is -3.06. The first-order chi connectivity index (χ1) is 14.6. The molecule has 1 radical (unpaired) electrons. The summed E-state index contributed by atoms with van der Waals surface area (Å²) in [6.45, 7) is 4.99. The maximum Gasteiger partial charge on any atom is 0.533 e. The molecule has 2 aliphatic heterocycles. The second kappa shape index (κ2) is 8.36. The molecular formula is C23H26BFN3O2. The van der Waals surface area contributed by atoms with Crippen molar-refractivity contribution in [2.24, 2.45) is 5.73 Å². The van der Waals surface area contributed by atoms with Gasteiger partial charge in [-0.15, -0.1) is 0 Å². The fourth-order valence-corrected chi connectivity index (χ4v) is 4.19. The van der Waals surface area contributed by atoms with Crippen LogP contribution in [-0.2, 0) is 0 Å². The lowest BCUT2D eigenvalue weighted by Gasteiger charge is -2.30. The van der Waals surface area contributed by atoms with E-state index in [1.165, 1.54) is 0 Å². The van der Waals surface area contributed by atoms with Gasteiger partial charge in [-0.25, -0.2) is 0 Å². The van der Waals surface area contributed by atoms with Crippen molar-refractivity contribution >= 4 is 31.2 Å². The highest BCUT2D eigenvalue weighted by atomic mass is 19.1. The number of aromatic nitrogens is 1. The standard InChI is InChI=1S/C23H26BFN3O2/c1-4-30-23-17(7-5-9-21(23)29-3)10-11-18-15-16(2)22-19(12-13-26)20-8-6-14-27(20)24(25)28(18)22/h5-11,14-15H,4,12-13,26H2,1-3H3/b11-10+. The largest absolute Gasteiger partial charge is 0.533 e. The van der Waals surface area contributed by atoms with Crippen LogP contribution in [0.1, 0.15) is 35.9 Å². The highest BCUT2D eigenvalue weighted by Gasteiger charge is 2.34. The van der Waals surface area contributed by atoms with E-state index in [0.717, 1.165) is 33.8 Å². The lowest BCUT2D eigenvalue weighted by molar-refractivity contribution is -0.329. The van der Waals surface area contributed by atoms with Gasteiger partial charge in [-0.3, -0.25) is 0 Å². The van der Waals surface area contributed by atoms with Gasteiger partial charge in [-0.1, -0.05) is 12.1 Å². The summed E-state index contributed by atoms with van der Waals surface area (Å²) in [4.78, 5) is 0.